The van der Waals surface area contributed by atoms with Gasteiger partial charge in [-0.05, 0) is 18.9 Å². The molecule has 0 amide bonds. The van der Waals surface area contributed by atoms with Crippen LogP contribution in [0.5, 0.6) is 0 Å². The van der Waals surface area contributed by atoms with Gasteiger partial charge < -0.3 is 14.9 Å². The van der Waals surface area contributed by atoms with Crippen LogP contribution in [0.3, 0.4) is 0 Å². The minimum absolute atomic E-state index is 0.0910. The van der Waals surface area contributed by atoms with E-state index in [4.69, 9.17) is 4.52 Å². The highest BCUT2D eigenvalue weighted by Gasteiger charge is 2.28. The van der Waals surface area contributed by atoms with Crippen LogP contribution in [-0.4, -0.2) is 37.9 Å². The summed E-state index contributed by atoms with van der Waals surface area (Å²) in [5.74, 6) is 1.27. The lowest BCUT2D eigenvalue weighted by Gasteiger charge is -2.01. The fraction of sp³-hybridized carbons (Fsp3) is 0.455. The third-order valence-corrected chi connectivity index (χ3v) is 2.83. The zero-order chi connectivity index (χ0) is 12.5. The summed E-state index contributed by atoms with van der Waals surface area (Å²) in [6, 6.07) is -0.0910. The molecule has 0 aliphatic carbocycles. The fourth-order valence-corrected chi connectivity index (χ4v) is 1.88. The predicted molar refractivity (Wildman–Crippen MR) is 61.4 cm³/mol. The van der Waals surface area contributed by atoms with Crippen LogP contribution in [0.15, 0.2) is 16.9 Å². The van der Waals surface area contributed by atoms with Gasteiger partial charge >= 0.3 is 0 Å². The van der Waals surface area contributed by atoms with Crippen molar-refractivity contribution in [2.45, 2.75) is 25.5 Å². The van der Waals surface area contributed by atoms with E-state index in [-0.39, 0.29) is 12.1 Å². The van der Waals surface area contributed by atoms with Gasteiger partial charge in [-0.25, -0.2) is 9.97 Å². The van der Waals surface area contributed by atoms with Crippen LogP contribution in [0.2, 0.25) is 0 Å². The summed E-state index contributed by atoms with van der Waals surface area (Å²) in [6.07, 6.45) is 3.63. The van der Waals surface area contributed by atoms with Crippen LogP contribution in [-0.2, 0) is 0 Å². The molecule has 3 heterocycles. The lowest BCUT2D eigenvalue weighted by molar-refractivity contribution is 0.191. The Labute approximate surface area is 103 Å². The molecule has 7 heteroatoms. The number of rotatable bonds is 2. The number of nitrogens with zero attached hydrogens (tertiary/aromatic N) is 4. The Balaban J connectivity index is 1.83. The van der Waals surface area contributed by atoms with Crippen molar-refractivity contribution < 1.29 is 9.63 Å². The van der Waals surface area contributed by atoms with Crippen LogP contribution >= 0.6 is 0 Å². The van der Waals surface area contributed by atoms with Crippen molar-refractivity contribution in [2.75, 3.05) is 6.54 Å². The summed E-state index contributed by atoms with van der Waals surface area (Å²) in [5.41, 5.74) is 0.975. The average molecular weight is 247 g/mol. The average Bonchev–Trinajstić information content (AvgIpc) is 2.98. The Morgan fingerprint density at radius 3 is 2.78 bits per heavy atom. The molecule has 0 saturated carbocycles. The van der Waals surface area contributed by atoms with Gasteiger partial charge in [-0.1, -0.05) is 5.16 Å². The summed E-state index contributed by atoms with van der Waals surface area (Å²) in [5, 5.41) is 16.4. The second kappa shape index (κ2) is 4.43. The van der Waals surface area contributed by atoms with Crippen LogP contribution < -0.4 is 5.32 Å². The summed E-state index contributed by atoms with van der Waals surface area (Å²) in [4.78, 5) is 12.5. The third-order valence-electron chi connectivity index (χ3n) is 2.83. The molecule has 18 heavy (non-hydrogen) atoms. The highest BCUT2D eigenvalue weighted by Crippen LogP contribution is 2.23. The number of aliphatic hydroxyl groups excluding tert-OH is 1. The molecule has 2 N–H and O–H groups in total. The van der Waals surface area contributed by atoms with Crippen LogP contribution in [0.4, 0.5) is 0 Å². The highest BCUT2D eigenvalue weighted by molar-refractivity contribution is 5.41. The number of nitrogens with one attached hydrogen (secondary N) is 1. The Morgan fingerprint density at radius 2 is 2.11 bits per heavy atom. The summed E-state index contributed by atoms with van der Waals surface area (Å²) in [7, 11) is 0. The molecular formula is C11H13N5O2. The molecule has 1 aliphatic heterocycles. The van der Waals surface area contributed by atoms with Crippen LogP contribution in [0, 0.1) is 6.92 Å². The summed E-state index contributed by atoms with van der Waals surface area (Å²) < 4.78 is 5.17. The molecule has 0 bridgehead atoms. The molecule has 1 saturated heterocycles. The second-order valence-electron chi connectivity index (χ2n) is 4.39. The lowest BCUT2D eigenvalue weighted by atomic mass is 10.2. The van der Waals surface area contributed by atoms with Gasteiger partial charge in [0.1, 0.15) is 0 Å². The number of hydrogen-bond donors (Lipinski definition) is 2. The molecule has 7 nitrogen and oxygen atoms in total. The first-order valence-corrected chi connectivity index (χ1v) is 5.76. The van der Waals surface area contributed by atoms with Gasteiger partial charge in [0.15, 0.2) is 0 Å². The molecule has 1 fully saturated rings. The van der Waals surface area contributed by atoms with Crippen molar-refractivity contribution in [1.82, 2.24) is 25.4 Å². The van der Waals surface area contributed by atoms with Crippen LogP contribution in [0.1, 0.15) is 23.9 Å². The molecule has 3 rings (SSSR count). The van der Waals surface area contributed by atoms with Gasteiger partial charge in [0.25, 0.3) is 0 Å². The number of hydrogen-bond acceptors (Lipinski definition) is 7. The normalized spacial score (nSPS) is 23.4. The number of aromatic nitrogens is 4. The van der Waals surface area contributed by atoms with Crippen molar-refractivity contribution >= 4 is 0 Å². The van der Waals surface area contributed by atoms with Gasteiger partial charge in [-0.15, -0.1) is 0 Å². The van der Waals surface area contributed by atoms with E-state index >= 15 is 0 Å². The maximum atomic E-state index is 9.44. The molecule has 0 aromatic carbocycles. The number of aliphatic hydroxyl groups is 1. The zero-order valence-electron chi connectivity index (χ0n) is 9.87. The Kier molecular flexibility index (Phi) is 2.77. The molecule has 2 aromatic rings. The van der Waals surface area contributed by atoms with Gasteiger partial charge in [0.2, 0.25) is 17.5 Å². The van der Waals surface area contributed by atoms with Gasteiger partial charge in [0, 0.05) is 18.9 Å². The van der Waals surface area contributed by atoms with E-state index < -0.39 is 0 Å². The number of β-amino-alcohol motifs (C(OH)–C–C–N with tert-alkyl or cyclic N) is 1. The number of aryl methyl sites for hydroxylation is 1. The van der Waals surface area contributed by atoms with Gasteiger partial charge in [-0.2, -0.15) is 4.98 Å². The standard InChI is InChI=1S/C11H13N5O2/c1-6-3-13-9(14-4-6)10-15-11(18-16-10)8-2-7(17)5-12-8/h3-4,7-8,12,17H,2,5H2,1H3/t7?,8-/m0/s1. The minimum atomic E-state index is -0.360. The van der Waals surface area contributed by atoms with Gasteiger partial charge in [0.05, 0.1) is 12.1 Å². The lowest BCUT2D eigenvalue weighted by Crippen LogP contribution is -2.15. The molecule has 2 aromatic heterocycles. The topological polar surface area (TPSA) is 97.0 Å². The first-order valence-electron chi connectivity index (χ1n) is 5.76. The largest absolute Gasteiger partial charge is 0.392 e. The van der Waals surface area contributed by atoms with E-state index in [1.54, 1.807) is 12.4 Å². The molecule has 0 radical (unpaired) electrons. The van der Waals surface area contributed by atoms with Crippen LogP contribution in [0.25, 0.3) is 11.6 Å². The molecule has 94 valence electrons. The van der Waals surface area contributed by atoms with Crippen molar-refractivity contribution in [3.63, 3.8) is 0 Å². The van der Waals surface area contributed by atoms with E-state index in [0.717, 1.165) is 5.56 Å². The molecule has 1 unspecified atom stereocenters. The van der Waals surface area contributed by atoms with Gasteiger partial charge in [-0.3, -0.25) is 0 Å². The Bertz CT molecular complexity index is 539. The maximum Gasteiger partial charge on any atom is 0.244 e. The molecule has 2 atom stereocenters. The molecular weight excluding hydrogens is 234 g/mol. The highest BCUT2D eigenvalue weighted by atomic mass is 16.5. The van der Waals surface area contributed by atoms with E-state index in [0.29, 0.717) is 30.5 Å². The zero-order valence-corrected chi connectivity index (χ0v) is 9.87. The predicted octanol–water partition coefficient (Wildman–Crippen LogP) is 0.230. The first kappa shape index (κ1) is 11.2. The van der Waals surface area contributed by atoms with Crippen molar-refractivity contribution in [2.24, 2.45) is 0 Å². The summed E-state index contributed by atoms with van der Waals surface area (Å²) in [6.45, 7) is 2.46. The minimum Gasteiger partial charge on any atom is -0.392 e. The fourth-order valence-electron chi connectivity index (χ4n) is 1.88. The molecule has 1 aliphatic rings. The second-order valence-corrected chi connectivity index (χ2v) is 4.39. The van der Waals surface area contributed by atoms with E-state index in [2.05, 4.69) is 25.4 Å². The quantitative estimate of drug-likeness (QED) is 0.784. The van der Waals surface area contributed by atoms with Crippen molar-refractivity contribution in [3.8, 4) is 11.6 Å². The maximum absolute atomic E-state index is 9.44. The first-order chi connectivity index (χ1) is 8.72. The van der Waals surface area contributed by atoms with Crippen molar-refractivity contribution in [3.05, 3.63) is 23.8 Å². The van der Waals surface area contributed by atoms with E-state index in [1.165, 1.54) is 0 Å². The van der Waals surface area contributed by atoms with E-state index in [9.17, 15) is 5.11 Å². The smallest absolute Gasteiger partial charge is 0.244 e. The Hall–Kier alpha value is -1.86. The monoisotopic (exact) mass is 247 g/mol. The van der Waals surface area contributed by atoms with Crippen molar-refractivity contribution in [1.29, 1.82) is 0 Å². The van der Waals surface area contributed by atoms with E-state index in [1.807, 2.05) is 6.92 Å². The summed E-state index contributed by atoms with van der Waals surface area (Å²) >= 11 is 0. The third kappa shape index (κ3) is 2.09. The molecule has 0 spiro atoms. The Morgan fingerprint density at radius 1 is 1.33 bits per heavy atom. The SMILES string of the molecule is Cc1cnc(-c2noc([C@@H]3CC(O)CN3)n2)nc1.